The maximum absolute atomic E-state index is 5.62. The summed E-state index contributed by atoms with van der Waals surface area (Å²) < 4.78 is 7.05. The fourth-order valence-electron chi connectivity index (χ4n) is 0.916. The van der Waals surface area contributed by atoms with Crippen LogP contribution in [0.25, 0.3) is 0 Å². The number of hydrogen-bond donors (Lipinski definition) is 2. The molecule has 3 nitrogen and oxygen atoms in total. The standard InChI is InChI=1S/C9H19I2N2O/c1-3-4-8(7-14-10)11-5-9(6-12)13-2/h3,8-9,13H,1,4-7,12H2,2H3/q-1. The Morgan fingerprint density at radius 1 is 1.71 bits per heavy atom. The van der Waals surface area contributed by atoms with E-state index in [0.717, 1.165) is 19.6 Å². The van der Waals surface area contributed by atoms with Crippen LogP contribution in [0.5, 0.6) is 0 Å². The quantitative estimate of drug-likeness (QED) is 0.254. The maximum atomic E-state index is 5.62. The first kappa shape index (κ1) is 15.1. The summed E-state index contributed by atoms with van der Waals surface area (Å²) in [5.41, 5.74) is 5.62. The van der Waals surface area contributed by atoms with E-state index in [-0.39, 0.29) is 21.2 Å². The van der Waals surface area contributed by atoms with Gasteiger partial charge in [0.05, 0.1) is 0 Å². The molecule has 0 aliphatic heterocycles. The van der Waals surface area contributed by atoms with Crippen LogP contribution in [0.1, 0.15) is 6.42 Å². The summed E-state index contributed by atoms with van der Waals surface area (Å²) in [6, 6.07) is 0.476. The average molecular weight is 425 g/mol. The van der Waals surface area contributed by atoms with Gasteiger partial charge in [0.25, 0.3) is 0 Å². The molecule has 0 amide bonds. The summed E-state index contributed by atoms with van der Waals surface area (Å²) in [4.78, 5) is 0. The van der Waals surface area contributed by atoms with Crippen LogP contribution in [0.2, 0.25) is 0 Å². The van der Waals surface area contributed by atoms with Gasteiger partial charge in [0, 0.05) is 0 Å². The molecule has 14 heavy (non-hydrogen) atoms. The molecule has 0 aromatic rings. The zero-order valence-electron chi connectivity index (χ0n) is 8.51. The Morgan fingerprint density at radius 2 is 2.43 bits per heavy atom. The van der Waals surface area contributed by atoms with E-state index < -0.39 is 0 Å². The molecule has 0 spiro atoms. The summed E-state index contributed by atoms with van der Waals surface area (Å²) in [5, 5.41) is 3.23. The third-order valence-electron chi connectivity index (χ3n) is 1.85. The molecule has 0 aliphatic carbocycles. The van der Waals surface area contributed by atoms with Gasteiger partial charge >= 0.3 is 112 Å². The predicted octanol–water partition coefficient (Wildman–Crippen LogP) is -2.07. The first-order valence-electron chi connectivity index (χ1n) is 4.57. The molecule has 86 valence electrons. The predicted molar refractivity (Wildman–Crippen MR) is 65.3 cm³/mol. The summed E-state index contributed by atoms with van der Waals surface area (Å²) >= 11 is 2.11. The molecule has 0 bridgehead atoms. The summed E-state index contributed by atoms with van der Waals surface area (Å²) in [7, 11) is 1.97. The summed E-state index contributed by atoms with van der Waals surface area (Å²) in [6.07, 6.45) is 3.05. The molecule has 0 radical (unpaired) electrons. The number of nitrogens with two attached hydrogens (primary N) is 1. The molecule has 2 unspecified atom stereocenters. The minimum absolute atomic E-state index is 0.150. The second-order valence-corrected chi connectivity index (χ2v) is 7.07. The summed E-state index contributed by atoms with van der Waals surface area (Å²) in [5.74, 6) is 0. The number of likely N-dealkylation sites (N-methyl/N-ethyl adjacent to an activating group) is 1. The Bertz CT molecular complexity index is 143. The van der Waals surface area contributed by atoms with Crippen LogP contribution in [-0.4, -0.2) is 34.6 Å². The van der Waals surface area contributed by atoms with Crippen LogP contribution >= 0.6 is 23.0 Å². The Hall–Kier alpha value is 1.08. The number of alkyl halides is 2. The normalized spacial score (nSPS) is 15.4. The van der Waals surface area contributed by atoms with Gasteiger partial charge in [0.1, 0.15) is 0 Å². The fraction of sp³-hybridized carbons (Fsp3) is 0.778. The van der Waals surface area contributed by atoms with Crippen LogP contribution in [-0.2, 0) is 3.07 Å². The van der Waals surface area contributed by atoms with Gasteiger partial charge in [0.2, 0.25) is 0 Å². The molecule has 0 aromatic heterocycles. The van der Waals surface area contributed by atoms with Gasteiger partial charge in [-0.15, -0.1) is 0 Å². The molecule has 0 rings (SSSR count). The van der Waals surface area contributed by atoms with E-state index in [1.165, 1.54) is 4.43 Å². The number of rotatable bonds is 9. The Kier molecular flexibility index (Phi) is 11.4. The molecule has 0 heterocycles. The monoisotopic (exact) mass is 425 g/mol. The van der Waals surface area contributed by atoms with E-state index in [0.29, 0.717) is 9.97 Å². The zero-order chi connectivity index (χ0) is 10.8. The molecule has 3 N–H and O–H groups in total. The van der Waals surface area contributed by atoms with Crippen molar-refractivity contribution in [1.82, 2.24) is 5.32 Å². The zero-order valence-corrected chi connectivity index (χ0v) is 12.8. The van der Waals surface area contributed by atoms with E-state index in [1.54, 1.807) is 0 Å². The van der Waals surface area contributed by atoms with Gasteiger partial charge in [-0.3, -0.25) is 0 Å². The Labute approximate surface area is 111 Å². The van der Waals surface area contributed by atoms with Gasteiger partial charge in [-0.2, -0.15) is 0 Å². The number of allylic oxidation sites excluding steroid dienone is 1. The number of hydrogen-bond acceptors (Lipinski definition) is 3. The molecule has 0 aliphatic rings. The number of halogens is 2. The minimum atomic E-state index is 0.150. The van der Waals surface area contributed by atoms with Crippen molar-refractivity contribution < 1.29 is 24.3 Å². The fourth-order valence-corrected chi connectivity index (χ4v) is 5.32. The molecule has 0 saturated carbocycles. The summed E-state index contributed by atoms with van der Waals surface area (Å²) in [6.45, 7) is 5.34. The molecular weight excluding hydrogens is 406 g/mol. The first-order chi connectivity index (χ1) is 6.78. The van der Waals surface area contributed by atoms with E-state index in [4.69, 9.17) is 8.80 Å². The van der Waals surface area contributed by atoms with Crippen molar-refractivity contribution in [3.05, 3.63) is 12.7 Å². The van der Waals surface area contributed by atoms with Gasteiger partial charge in [-0.25, -0.2) is 0 Å². The average Bonchev–Trinajstić information content (AvgIpc) is 2.20. The van der Waals surface area contributed by atoms with Crippen LogP contribution in [0.3, 0.4) is 0 Å². The van der Waals surface area contributed by atoms with Crippen molar-refractivity contribution in [3.63, 3.8) is 0 Å². The SMILES string of the molecule is C=CCC(COI)[I-]CC(CN)NC. The first-order valence-corrected chi connectivity index (χ1v) is 8.23. The molecule has 0 fully saturated rings. The van der Waals surface area contributed by atoms with Crippen LogP contribution in [0.15, 0.2) is 12.7 Å². The second-order valence-electron chi connectivity index (χ2n) is 2.93. The number of nitrogens with one attached hydrogen (secondary N) is 1. The van der Waals surface area contributed by atoms with Crippen molar-refractivity contribution in [2.45, 2.75) is 16.4 Å². The van der Waals surface area contributed by atoms with E-state index >= 15 is 0 Å². The molecule has 5 heteroatoms. The van der Waals surface area contributed by atoms with Crippen LogP contribution in [0.4, 0.5) is 0 Å². The van der Waals surface area contributed by atoms with Crippen LogP contribution in [0, 0.1) is 0 Å². The van der Waals surface area contributed by atoms with E-state index in [9.17, 15) is 0 Å². The van der Waals surface area contributed by atoms with Crippen LogP contribution < -0.4 is 32.3 Å². The molecule has 2 atom stereocenters. The molecule has 0 aromatic carbocycles. The topological polar surface area (TPSA) is 47.3 Å². The van der Waals surface area contributed by atoms with Crippen molar-refractivity contribution in [2.75, 3.05) is 24.6 Å². The third-order valence-corrected chi connectivity index (χ3v) is 5.90. The molecule has 0 saturated heterocycles. The molecular formula is C9H19I2N2O-. The second kappa shape index (κ2) is 10.6. The van der Waals surface area contributed by atoms with Crippen molar-refractivity contribution in [3.8, 4) is 0 Å². The van der Waals surface area contributed by atoms with Crippen molar-refractivity contribution in [1.29, 1.82) is 0 Å². The van der Waals surface area contributed by atoms with E-state index in [1.807, 2.05) is 36.1 Å². The van der Waals surface area contributed by atoms with Gasteiger partial charge in [-0.05, 0) is 0 Å². The van der Waals surface area contributed by atoms with Crippen molar-refractivity contribution in [2.24, 2.45) is 5.73 Å². The van der Waals surface area contributed by atoms with Gasteiger partial charge in [-0.1, -0.05) is 0 Å². The van der Waals surface area contributed by atoms with Crippen molar-refractivity contribution >= 4 is 23.0 Å². The Balaban J connectivity index is 3.72. The van der Waals surface area contributed by atoms with Gasteiger partial charge in [0.15, 0.2) is 0 Å². The third kappa shape index (κ3) is 7.38. The van der Waals surface area contributed by atoms with Gasteiger partial charge < -0.3 is 0 Å². The Morgan fingerprint density at radius 3 is 2.86 bits per heavy atom. The van der Waals surface area contributed by atoms with E-state index in [2.05, 4.69) is 11.9 Å².